The van der Waals surface area contributed by atoms with E-state index in [0.29, 0.717) is 16.4 Å². The van der Waals surface area contributed by atoms with Crippen LogP contribution in [0.2, 0.25) is 0 Å². The Bertz CT molecular complexity index is 947. The Balaban J connectivity index is 1.26. The van der Waals surface area contributed by atoms with E-state index < -0.39 is 0 Å². The molecule has 0 aromatic heterocycles. The Morgan fingerprint density at radius 3 is 2.47 bits per heavy atom. The van der Waals surface area contributed by atoms with Crippen LogP contribution in [-0.4, -0.2) is 12.1 Å². The van der Waals surface area contributed by atoms with Crippen molar-refractivity contribution in [2.75, 3.05) is 0 Å². The summed E-state index contributed by atoms with van der Waals surface area (Å²) in [5.41, 5.74) is 3.12. The summed E-state index contributed by atoms with van der Waals surface area (Å²) in [6.45, 7) is 12.6. The number of ether oxygens (including phenoxy) is 1. The van der Waals surface area contributed by atoms with E-state index in [0.717, 1.165) is 41.9 Å². The quantitative estimate of drug-likeness (QED) is 0.281. The predicted molar refractivity (Wildman–Crippen MR) is 149 cm³/mol. The number of hydrogen-bond donors (Lipinski definition) is 0. The minimum Gasteiger partial charge on any atom is -0.455 e. The first-order chi connectivity index (χ1) is 17.2. The van der Waals surface area contributed by atoms with Gasteiger partial charge >= 0.3 is 5.97 Å². The normalized spacial score (nSPS) is 38.5. The van der Waals surface area contributed by atoms with Gasteiger partial charge in [-0.05, 0) is 116 Å². The maximum atomic E-state index is 12.7. The van der Waals surface area contributed by atoms with Gasteiger partial charge in [0.2, 0.25) is 0 Å². The molecule has 5 rings (SSSR count). The Kier molecular flexibility index (Phi) is 7.45. The van der Waals surface area contributed by atoms with E-state index in [-0.39, 0.29) is 12.1 Å². The molecule has 8 atom stereocenters. The molecular formula is C34H50O2. The molecule has 4 aliphatic carbocycles. The maximum absolute atomic E-state index is 12.7. The Morgan fingerprint density at radius 2 is 1.72 bits per heavy atom. The molecule has 0 spiro atoms. The number of hydrogen-bond acceptors (Lipinski definition) is 2. The minimum atomic E-state index is -0.178. The van der Waals surface area contributed by atoms with Crippen LogP contribution in [0.3, 0.4) is 0 Å². The first kappa shape index (κ1) is 26.1. The average Bonchev–Trinajstić information content (AvgIpc) is 3.22. The van der Waals surface area contributed by atoms with E-state index in [1.165, 1.54) is 64.2 Å². The summed E-state index contributed by atoms with van der Waals surface area (Å²) in [5, 5.41) is 0. The zero-order chi connectivity index (χ0) is 25.5. The summed E-state index contributed by atoms with van der Waals surface area (Å²) in [6, 6.07) is 9.47. The molecule has 2 heteroatoms. The van der Waals surface area contributed by atoms with Crippen molar-refractivity contribution in [3.8, 4) is 0 Å². The van der Waals surface area contributed by atoms with Crippen molar-refractivity contribution >= 4 is 5.97 Å². The van der Waals surface area contributed by atoms with Crippen molar-refractivity contribution in [3.63, 3.8) is 0 Å². The van der Waals surface area contributed by atoms with Crippen LogP contribution in [-0.2, 0) is 4.74 Å². The standard InChI is InChI=1S/C34H50O2/c1-23(2)10-9-11-24(3)29-16-17-30-28-15-14-26-22-27(36-32(35)25-12-7-6-8-13-25)18-20-33(26,4)31(28)19-21-34(29,30)5/h6-8,12-13,22-24,27-31H,9-11,14-21H2,1-5H3/t24-,27+,28-,29+,30-,31-,33-,34+/m0/s1. The van der Waals surface area contributed by atoms with Gasteiger partial charge in [-0.1, -0.05) is 77.7 Å². The lowest BCUT2D eigenvalue weighted by molar-refractivity contribution is -0.0635. The molecule has 198 valence electrons. The fourth-order valence-electron chi connectivity index (χ4n) is 9.59. The summed E-state index contributed by atoms with van der Waals surface area (Å²) >= 11 is 0. The van der Waals surface area contributed by atoms with Crippen molar-refractivity contribution in [1.82, 2.24) is 0 Å². The molecule has 0 saturated heterocycles. The molecule has 0 unspecified atom stereocenters. The lowest BCUT2D eigenvalue weighted by atomic mass is 9.46. The first-order valence-electron chi connectivity index (χ1n) is 15.2. The van der Waals surface area contributed by atoms with Crippen LogP contribution in [0.15, 0.2) is 42.0 Å². The summed E-state index contributed by atoms with van der Waals surface area (Å²) in [6.07, 6.45) is 17.0. The van der Waals surface area contributed by atoms with Crippen molar-refractivity contribution in [1.29, 1.82) is 0 Å². The zero-order valence-corrected chi connectivity index (χ0v) is 23.6. The van der Waals surface area contributed by atoms with Crippen LogP contribution in [0.4, 0.5) is 0 Å². The van der Waals surface area contributed by atoms with Gasteiger partial charge in [-0.3, -0.25) is 0 Å². The molecule has 4 aliphatic rings. The van der Waals surface area contributed by atoms with Crippen LogP contribution >= 0.6 is 0 Å². The Labute approximate surface area is 220 Å². The van der Waals surface area contributed by atoms with Crippen molar-refractivity contribution in [3.05, 3.63) is 47.5 Å². The van der Waals surface area contributed by atoms with Crippen LogP contribution in [0.1, 0.15) is 116 Å². The molecule has 1 aromatic carbocycles. The highest BCUT2D eigenvalue weighted by molar-refractivity contribution is 5.89. The lowest BCUT2D eigenvalue weighted by Crippen LogP contribution is -2.51. The van der Waals surface area contributed by atoms with Gasteiger partial charge in [0.05, 0.1) is 5.56 Å². The van der Waals surface area contributed by atoms with Gasteiger partial charge < -0.3 is 4.74 Å². The molecule has 0 radical (unpaired) electrons. The van der Waals surface area contributed by atoms with Crippen molar-refractivity contribution in [2.45, 2.75) is 111 Å². The maximum Gasteiger partial charge on any atom is 0.338 e. The van der Waals surface area contributed by atoms with Gasteiger partial charge in [-0.15, -0.1) is 0 Å². The molecule has 0 amide bonds. The molecule has 0 N–H and O–H groups in total. The second-order valence-electron chi connectivity index (χ2n) is 13.9. The monoisotopic (exact) mass is 490 g/mol. The number of esters is 1. The largest absolute Gasteiger partial charge is 0.455 e. The highest BCUT2D eigenvalue weighted by Gasteiger charge is 2.59. The summed E-state index contributed by atoms with van der Waals surface area (Å²) < 4.78 is 5.96. The van der Waals surface area contributed by atoms with E-state index in [1.807, 2.05) is 30.3 Å². The second kappa shape index (κ2) is 10.3. The van der Waals surface area contributed by atoms with Crippen molar-refractivity contribution in [2.24, 2.45) is 46.3 Å². The van der Waals surface area contributed by atoms with E-state index in [9.17, 15) is 4.79 Å². The van der Waals surface area contributed by atoms with E-state index in [4.69, 9.17) is 4.74 Å². The molecule has 36 heavy (non-hydrogen) atoms. The third kappa shape index (κ3) is 4.71. The molecule has 0 aliphatic heterocycles. The molecule has 2 nitrogen and oxygen atoms in total. The first-order valence-corrected chi connectivity index (χ1v) is 15.2. The average molecular weight is 491 g/mol. The fraction of sp³-hybridized carbons (Fsp3) is 0.735. The number of fused-ring (bicyclic) bond motifs is 5. The van der Waals surface area contributed by atoms with Gasteiger partial charge in [0.25, 0.3) is 0 Å². The highest BCUT2D eigenvalue weighted by atomic mass is 16.5. The number of benzene rings is 1. The molecule has 1 aromatic rings. The second-order valence-corrected chi connectivity index (χ2v) is 13.9. The third-order valence-corrected chi connectivity index (χ3v) is 11.5. The fourth-order valence-corrected chi connectivity index (χ4v) is 9.59. The number of carbonyl (C=O) groups is 1. The molecule has 3 fully saturated rings. The number of carbonyl (C=O) groups excluding carboxylic acids is 1. The van der Waals surface area contributed by atoms with Crippen LogP contribution in [0, 0.1) is 46.3 Å². The highest BCUT2D eigenvalue weighted by Crippen LogP contribution is 2.67. The summed E-state index contributed by atoms with van der Waals surface area (Å²) in [7, 11) is 0. The lowest BCUT2D eigenvalue weighted by Gasteiger charge is -2.59. The number of rotatable bonds is 7. The molecule has 0 bridgehead atoms. The van der Waals surface area contributed by atoms with E-state index >= 15 is 0 Å². The zero-order valence-electron chi connectivity index (χ0n) is 23.6. The molecular weight excluding hydrogens is 440 g/mol. The van der Waals surface area contributed by atoms with Gasteiger partial charge in [0.15, 0.2) is 0 Å². The molecule has 0 heterocycles. The van der Waals surface area contributed by atoms with Gasteiger partial charge in [-0.25, -0.2) is 4.79 Å². The third-order valence-electron chi connectivity index (χ3n) is 11.5. The van der Waals surface area contributed by atoms with Crippen LogP contribution in [0.25, 0.3) is 0 Å². The SMILES string of the molecule is CC(C)CCC[C@H](C)[C@H]1CC[C@H]2[C@@H]3CCC4=C[C@H](OC(=O)c5ccccc5)CC[C@]4(C)[C@H]3CC[C@]12C. The van der Waals surface area contributed by atoms with Gasteiger partial charge in [0.1, 0.15) is 6.10 Å². The van der Waals surface area contributed by atoms with Crippen molar-refractivity contribution < 1.29 is 9.53 Å². The smallest absolute Gasteiger partial charge is 0.338 e. The number of allylic oxidation sites excluding steroid dienone is 1. The topological polar surface area (TPSA) is 26.3 Å². The Morgan fingerprint density at radius 1 is 0.944 bits per heavy atom. The van der Waals surface area contributed by atoms with E-state index in [2.05, 4.69) is 40.7 Å². The van der Waals surface area contributed by atoms with Crippen LogP contribution in [0.5, 0.6) is 0 Å². The predicted octanol–water partition coefficient (Wildman–Crippen LogP) is 9.25. The molecule has 3 saturated carbocycles. The van der Waals surface area contributed by atoms with Gasteiger partial charge in [-0.2, -0.15) is 0 Å². The van der Waals surface area contributed by atoms with Crippen LogP contribution < -0.4 is 0 Å². The summed E-state index contributed by atoms with van der Waals surface area (Å²) in [5.74, 6) is 5.08. The van der Waals surface area contributed by atoms with Gasteiger partial charge in [0, 0.05) is 0 Å². The van der Waals surface area contributed by atoms with E-state index in [1.54, 1.807) is 5.57 Å². The summed E-state index contributed by atoms with van der Waals surface area (Å²) in [4.78, 5) is 12.7. The minimum absolute atomic E-state index is 0.0614. The Hall–Kier alpha value is -1.57.